The molecule has 0 atom stereocenters. The number of halogens is 1. The number of hydrogen-bond donors (Lipinski definition) is 1. The van der Waals surface area contributed by atoms with E-state index in [-0.39, 0.29) is 17.9 Å². The van der Waals surface area contributed by atoms with Crippen LogP contribution in [0.4, 0.5) is 10.1 Å². The fourth-order valence-corrected chi connectivity index (χ4v) is 5.73. The normalized spacial score (nSPS) is 11.7. The molecular weight excluding hydrogens is 516 g/mol. The lowest BCUT2D eigenvalue weighted by atomic mass is 10.1. The third-order valence-corrected chi connectivity index (χ3v) is 7.81. The Hall–Kier alpha value is -3.84. The quantitative estimate of drug-likeness (QED) is 0.150. The monoisotopic (exact) mass is 547 g/mol. The van der Waals surface area contributed by atoms with Crippen molar-refractivity contribution in [3.8, 4) is 11.3 Å². The topological polar surface area (TPSA) is 82.5 Å². The molecule has 0 spiro atoms. The Labute approximate surface area is 227 Å². The van der Waals surface area contributed by atoms with Gasteiger partial charge in [0, 0.05) is 29.1 Å². The minimum absolute atomic E-state index is 0.155. The first-order chi connectivity index (χ1) is 18.9. The molecule has 0 saturated carbocycles. The predicted molar refractivity (Wildman–Crippen MR) is 152 cm³/mol. The highest BCUT2D eigenvalue weighted by molar-refractivity contribution is 7.53. The Bertz CT molecular complexity index is 1440. The Balaban J connectivity index is 1.47. The Morgan fingerprint density at radius 3 is 2.26 bits per heavy atom. The first kappa shape index (κ1) is 28.2. The fraction of sp³-hybridized carbons (Fsp3) is 0.200. The van der Waals surface area contributed by atoms with Gasteiger partial charge in [0.15, 0.2) is 0 Å². The Kier molecular flexibility index (Phi) is 9.60. The van der Waals surface area contributed by atoms with Gasteiger partial charge in [-0.15, -0.1) is 0 Å². The number of carbonyl (C=O) groups excluding carboxylic acids is 1. The molecule has 1 N–H and O–H groups in total. The lowest BCUT2D eigenvalue weighted by Crippen LogP contribution is -2.07. The third-order valence-electron chi connectivity index (χ3n) is 5.76. The van der Waals surface area contributed by atoms with E-state index in [1.807, 2.05) is 36.5 Å². The summed E-state index contributed by atoms with van der Waals surface area (Å²) in [5, 5.41) is 7.53. The molecule has 1 aromatic heterocycles. The Morgan fingerprint density at radius 1 is 0.949 bits per heavy atom. The summed E-state index contributed by atoms with van der Waals surface area (Å²) in [5.74, 6) is -0.651. The van der Waals surface area contributed by atoms with E-state index < -0.39 is 7.60 Å². The molecule has 4 rings (SSSR count). The Morgan fingerprint density at radius 2 is 1.62 bits per heavy atom. The van der Waals surface area contributed by atoms with Crippen molar-refractivity contribution in [2.45, 2.75) is 26.6 Å². The summed E-state index contributed by atoms with van der Waals surface area (Å²) in [4.78, 5) is 12.7. The van der Waals surface area contributed by atoms with Crippen LogP contribution in [0.2, 0.25) is 0 Å². The van der Waals surface area contributed by atoms with Crippen molar-refractivity contribution in [2.75, 3.05) is 18.5 Å². The van der Waals surface area contributed by atoms with Crippen molar-refractivity contribution in [3.05, 3.63) is 114 Å². The molecule has 0 aliphatic carbocycles. The standard InChI is InChI=1S/C30H31FN3O4P/c1-3-37-39(36,38-4-2)22-24-10-17-28(18-11-24)32-29(35)19-14-26-21-34(20-23-8-6-5-7-9-23)33-30(26)25-12-15-27(31)16-13-25/h5-19,21H,3-4,20,22H2,1-2H3,(H,32,35). The second kappa shape index (κ2) is 13.3. The van der Waals surface area contributed by atoms with Crippen LogP contribution >= 0.6 is 7.60 Å². The first-order valence-corrected chi connectivity index (χ1v) is 14.4. The van der Waals surface area contributed by atoms with E-state index in [4.69, 9.17) is 14.1 Å². The highest BCUT2D eigenvalue weighted by Gasteiger charge is 2.23. The highest BCUT2D eigenvalue weighted by Crippen LogP contribution is 2.51. The molecule has 202 valence electrons. The van der Waals surface area contributed by atoms with Crippen molar-refractivity contribution in [2.24, 2.45) is 0 Å². The van der Waals surface area contributed by atoms with Crippen LogP contribution in [0.3, 0.4) is 0 Å². The van der Waals surface area contributed by atoms with Crippen LogP contribution in [0.25, 0.3) is 17.3 Å². The molecule has 0 fully saturated rings. The van der Waals surface area contributed by atoms with Gasteiger partial charge in [-0.1, -0.05) is 42.5 Å². The molecule has 3 aromatic carbocycles. The van der Waals surface area contributed by atoms with Crippen molar-refractivity contribution in [1.29, 1.82) is 0 Å². The third kappa shape index (κ3) is 8.07. The highest BCUT2D eigenvalue weighted by atomic mass is 31.2. The maximum absolute atomic E-state index is 13.5. The molecule has 0 aliphatic heterocycles. The van der Waals surface area contributed by atoms with Crippen LogP contribution in [0.15, 0.2) is 91.1 Å². The van der Waals surface area contributed by atoms with Gasteiger partial charge in [-0.3, -0.25) is 14.0 Å². The number of aromatic nitrogens is 2. The van der Waals surface area contributed by atoms with E-state index in [1.165, 1.54) is 18.2 Å². The summed E-state index contributed by atoms with van der Waals surface area (Å²) in [5.41, 5.74) is 4.58. The van der Waals surface area contributed by atoms with E-state index in [0.29, 0.717) is 31.1 Å². The average Bonchev–Trinajstić information content (AvgIpc) is 3.32. The number of rotatable bonds is 12. The van der Waals surface area contributed by atoms with Crippen LogP contribution in [-0.4, -0.2) is 28.9 Å². The number of anilines is 1. The van der Waals surface area contributed by atoms with E-state index >= 15 is 0 Å². The maximum atomic E-state index is 13.5. The zero-order valence-electron chi connectivity index (χ0n) is 21.9. The predicted octanol–water partition coefficient (Wildman–Crippen LogP) is 7.16. The van der Waals surface area contributed by atoms with Crippen molar-refractivity contribution in [1.82, 2.24) is 9.78 Å². The molecule has 0 bridgehead atoms. The number of benzene rings is 3. The molecule has 0 unspecified atom stereocenters. The summed E-state index contributed by atoms with van der Waals surface area (Å²) in [7, 11) is -3.21. The minimum atomic E-state index is -3.21. The van der Waals surface area contributed by atoms with Crippen molar-refractivity contribution >= 4 is 25.3 Å². The molecule has 1 heterocycles. The zero-order valence-corrected chi connectivity index (χ0v) is 22.8. The van der Waals surface area contributed by atoms with E-state index in [0.717, 1.165) is 22.3 Å². The molecular formula is C30H31FN3O4P. The lowest BCUT2D eigenvalue weighted by Gasteiger charge is -2.17. The largest absolute Gasteiger partial charge is 0.335 e. The van der Waals surface area contributed by atoms with Gasteiger partial charge < -0.3 is 14.4 Å². The van der Waals surface area contributed by atoms with E-state index in [2.05, 4.69) is 5.32 Å². The lowest BCUT2D eigenvalue weighted by molar-refractivity contribution is -0.111. The van der Waals surface area contributed by atoms with Gasteiger partial charge in [-0.25, -0.2) is 4.39 Å². The maximum Gasteiger partial charge on any atom is 0.335 e. The fourth-order valence-electron chi connectivity index (χ4n) is 4.03. The second-order valence-corrected chi connectivity index (χ2v) is 10.8. The van der Waals surface area contributed by atoms with Gasteiger partial charge in [0.1, 0.15) is 5.82 Å². The molecule has 4 aromatic rings. The smallest absolute Gasteiger partial charge is 0.323 e. The summed E-state index contributed by atoms with van der Waals surface area (Å²) in [6.07, 6.45) is 5.14. The number of nitrogens with zero attached hydrogens (tertiary/aromatic N) is 2. The summed E-state index contributed by atoms with van der Waals surface area (Å²) in [6.45, 7) is 4.70. The van der Waals surface area contributed by atoms with Gasteiger partial charge in [-0.05, 0) is 67.4 Å². The van der Waals surface area contributed by atoms with Crippen molar-refractivity contribution < 1.29 is 22.8 Å². The zero-order chi connectivity index (χ0) is 27.7. The first-order valence-electron chi connectivity index (χ1n) is 12.7. The number of nitrogens with one attached hydrogen (secondary N) is 1. The van der Waals surface area contributed by atoms with Gasteiger partial charge in [0.25, 0.3) is 0 Å². The summed E-state index contributed by atoms with van der Waals surface area (Å²) in [6, 6.07) is 23.1. The molecule has 0 saturated heterocycles. The molecule has 1 amide bonds. The number of amides is 1. The number of hydrogen-bond acceptors (Lipinski definition) is 5. The van der Waals surface area contributed by atoms with Crippen LogP contribution in [0.5, 0.6) is 0 Å². The second-order valence-electron chi connectivity index (χ2n) is 8.75. The SMILES string of the molecule is CCOP(=O)(Cc1ccc(NC(=O)C=Cc2cn(Cc3ccccc3)nc2-c2ccc(F)cc2)cc1)OCC. The van der Waals surface area contributed by atoms with Crippen LogP contribution < -0.4 is 5.32 Å². The molecule has 0 radical (unpaired) electrons. The summed E-state index contributed by atoms with van der Waals surface area (Å²) < 4.78 is 38.8. The summed E-state index contributed by atoms with van der Waals surface area (Å²) >= 11 is 0. The van der Waals surface area contributed by atoms with Crippen LogP contribution in [0, 0.1) is 5.82 Å². The van der Waals surface area contributed by atoms with E-state index in [9.17, 15) is 13.8 Å². The van der Waals surface area contributed by atoms with Crippen LogP contribution in [-0.2, 0) is 31.1 Å². The van der Waals surface area contributed by atoms with Gasteiger partial charge in [-0.2, -0.15) is 5.10 Å². The number of carbonyl (C=O) groups is 1. The molecule has 7 nitrogen and oxygen atoms in total. The molecule has 39 heavy (non-hydrogen) atoms. The minimum Gasteiger partial charge on any atom is -0.323 e. The van der Waals surface area contributed by atoms with Gasteiger partial charge in [0.2, 0.25) is 5.91 Å². The average molecular weight is 548 g/mol. The van der Waals surface area contributed by atoms with Crippen LogP contribution in [0.1, 0.15) is 30.5 Å². The van der Waals surface area contributed by atoms with Gasteiger partial charge >= 0.3 is 7.60 Å². The molecule has 9 heteroatoms. The molecule has 0 aliphatic rings. The van der Waals surface area contributed by atoms with Crippen molar-refractivity contribution in [3.63, 3.8) is 0 Å². The van der Waals surface area contributed by atoms with Gasteiger partial charge in [0.05, 0.1) is 31.6 Å². The van der Waals surface area contributed by atoms with E-state index in [1.54, 1.807) is 61.0 Å².